The standard InChI is InChI=1S/C15H21N3O2S/c1-10-8-13(12(3)20-10)14(19)17-4-6-18(7-5-17)15-16-9-11(2)21-15/h8,11H,4-7,9H2,1-3H3. The molecule has 0 radical (unpaired) electrons. The van der Waals surface area contributed by atoms with Crippen LogP contribution >= 0.6 is 11.8 Å². The SMILES string of the molecule is Cc1cc(C(=O)N2CCN(C3=NCC(C)S3)CC2)c(C)o1. The van der Waals surface area contributed by atoms with Gasteiger partial charge >= 0.3 is 0 Å². The van der Waals surface area contributed by atoms with E-state index >= 15 is 0 Å². The van der Waals surface area contributed by atoms with Crippen molar-refractivity contribution >= 4 is 22.8 Å². The Morgan fingerprint density at radius 3 is 2.57 bits per heavy atom. The van der Waals surface area contributed by atoms with Crippen LogP contribution in [-0.2, 0) is 0 Å². The summed E-state index contributed by atoms with van der Waals surface area (Å²) in [6, 6.07) is 1.84. The number of thioether (sulfide) groups is 1. The molecule has 0 aliphatic carbocycles. The van der Waals surface area contributed by atoms with Crippen LogP contribution in [0.5, 0.6) is 0 Å². The molecule has 0 saturated carbocycles. The smallest absolute Gasteiger partial charge is 0.257 e. The van der Waals surface area contributed by atoms with Crippen molar-refractivity contribution < 1.29 is 9.21 Å². The molecule has 3 heterocycles. The van der Waals surface area contributed by atoms with Crippen molar-refractivity contribution in [3.63, 3.8) is 0 Å². The highest BCUT2D eigenvalue weighted by molar-refractivity contribution is 8.14. The molecule has 1 aromatic rings. The van der Waals surface area contributed by atoms with E-state index in [1.54, 1.807) is 0 Å². The van der Waals surface area contributed by atoms with E-state index in [1.165, 1.54) is 0 Å². The molecule has 2 aliphatic heterocycles. The zero-order valence-electron chi connectivity index (χ0n) is 12.8. The molecule has 0 bridgehead atoms. The summed E-state index contributed by atoms with van der Waals surface area (Å²) in [6.45, 7) is 10.0. The number of aryl methyl sites for hydroxylation is 2. The minimum Gasteiger partial charge on any atom is -0.466 e. The Labute approximate surface area is 129 Å². The molecular formula is C15H21N3O2S. The fourth-order valence-electron chi connectivity index (χ4n) is 2.75. The number of aliphatic imine (C=N–C) groups is 1. The third-order valence-corrected chi connectivity index (χ3v) is 5.05. The van der Waals surface area contributed by atoms with Crippen LogP contribution < -0.4 is 0 Å². The zero-order valence-corrected chi connectivity index (χ0v) is 13.6. The van der Waals surface area contributed by atoms with Gasteiger partial charge in [-0.25, -0.2) is 0 Å². The number of hydrogen-bond acceptors (Lipinski definition) is 5. The molecule has 1 saturated heterocycles. The summed E-state index contributed by atoms with van der Waals surface area (Å²) in [4.78, 5) is 21.3. The van der Waals surface area contributed by atoms with Crippen LogP contribution in [0.3, 0.4) is 0 Å². The molecule has 1 unspecified atom stereocenters. The topological polar surface area (TPSA) is 49.1 Å². The van der Waals surface area contributed by atoms with Crippen molar-refractivity contribution in [2.45, 2.75) is 26.0 Å². The number of hydrogen-bond donors (Lipinski definition) is 0. The summed E-state index contributed by atoms with van der Waals surface area (Å²) in [5.74, 6) is 1.59. The Hall–Kier alpha value is -1.43. The highest BCUT2D eigenvalue weighted by Gasteiger charge is 2.28. The first-order chi connectivity index (χ1) is 10.0. The third-order valence-electron chi connectivity index (χ3n) is 3.90. The van der Waals surface area contributed by atoms with Crippen molar-refractivity contribution in [1.29, 1.82) is 0 Å². The lowest BCUT2D eigenvalue weighted by molar-refractivity contribution is 0.0692. The zero-order chi connectivity index (χ0) is 15.0. The summed E-state index contributed by atoms with van der Waals surface area (Å²) in [7, 11) is 0. The van der Waals surface area contributed by atoms with Gasteiger partial charge in [-0.1, -0.05) is 18.7 Å². The van der Waals surface area contributed by atoms with Crippen LogP contribution in [0.15, 0.2) is 15.5 Å². The van der Waals surface area contributed by atoms with Crippen LogP contribution in [0, 0.1) is 13.8 Å². The Morgan fingerprint density at radius 1 is 1.33 bits per heavy atom. The first-order valence-electron chi connectivity index (χ1n) is 7.37. The van der Waals surface area contributed by atoms with Gasteiger partial charge in [0, 0.05) is 31.4 Å². The number of nitrogens with zero attached hydrogens (tertiary/aromatic N) is 3. The van der Waals surface area contributed by atoms with E-state index in [2.05, 4.69) is 16.8 Å². The number of piperazine rings is 1. The first-order valence-corrected chi connectivity index (χ1v) is 8.25. The molecule has 114 valence electrons. The molecule has 2 aliphatic rings. The number of rotatable bonds is 1. The summed E-state index contributed by atoms with van der Waals surface area (Å²) in [6.07, 6.45) is 0. The highest BCUT2D eigenvalue weighted by atomic mass is 32.2. The van der Waals surface area contributed by atoms with Crippen molar-refractivity contribution in [3.8, 4) is 0 Å². The predicted octanol–water partition coefficient (Wildman–Crippen LogP) is 2.15. The molecule has 0 spiro atoms. The molecule has 6 heteroatoms. The average molecular weight is 307 g/mol. The minimum atomic E-state index is 0.0818. The second-order valence-corrected chi connectivity index (χ2v) is 7.06. The van der Waals surface area contributed by atoms with Gasteiger partial charge in [0.05, 0.1) is 12.1 Å². The van der Waals surface area contributed by atoms with Gasteiger partial charge in [-0.05, 0) is 19.9 Å². The second-order valence-electron chi connectivity index (χ2n) is 5.66. The lowest BCUT2D eigenvalue weighted by atomic mass is 10.2. The van der Waals surface area contributed by atoms with Gasteiger partial charge in [0.15, 0.2) is 5.17 Å². The normalized spacial score (nSPS) is 22.6. The molecule has 5 nitrogen and oxygen atoms in total. The van der Waals surface area contributed by atoms with Gasteiger partial charge in [0.25, 0.3) is 5.91 Å². The number of amides is 1. The lowest BCUT2D eigenvalue weighted by Gasteiger charge is -2.35. The Morgan fingerprint density at radius 2 is 2.05 bits per heavy atom. The Kier molecular flexibility index (Phi) is 3.97. The van der Waals surface area contributed by atoms with E-state index in [-0.39, 0.29) is 5.91 Å². The molecule has 0 N–H and O–H groups in total. The maximum Gasteiger partial charge on any atom is 0.257 e. The monoisotopic (exact) mass is 307 g/mol. The number of amidine groups is 1. The van der Waals surface area contributed by atoms with Gasteiger partial charge in [-0.15, -0.1) is 0 Å². The van der Waals surface area contributed by atoms with E-state index in [9.17, 15) is 4.79 Å². The van der Waals surface area contributed by atoms with Crippen molar-refractivity contribution in [3.05, 3.63) is 23.2 Å². The fraction of sp³-hybridized carbons (Fsp3) is 0.600. The summed E-state index contributed by atoms with van der Waals surface area (Å²) >= 11 is 1.84. The van der Waals surface area contributed by atoms with Crippen LogP contribution in [0.2, 0.25) is 0 Å². The quantitative estimate of drug-likeness (QED) is 0.797. The maximum absolute atomic E-state index is 12.5. The molecule has 21 heavy (non-hydrogen) atoms. The van der Waals surface area contributed by atoms with Gasteiger partial charge in [0.1, 0.15) is 11.5 Å². The molecule has 1 amide bonds. The van der Waals surface area contributed by atoms with E-state index in [0.29, 0.717) is 16.6 Å². The minimum absolute atomic E-state index is 0.0818. The summed E-state index contributed by atoms with van der Waals surface area (Å²) in [5, 5.41) is 1.72. The average Bonchev–Trinajstić information content (AvgIpc) is 3.04. The fourth-order valence-corrected chi connectivity index (χ4v) is 3.74. The largest absolute Gasteiger partial charge is 0.466 e. The molecule has 1 aromatic heterocycles. The summed E-state index contributed by atoms with van der Waals surface area (Å²) < 4.78 is 5.46. The van der Waals surface area contributed by atoms with Crippen molar-refractivity contribution in [1.82, 2.24) is 9.80 Å². The molecule has 3 rings (SSSR count). The Bertz CT molecular complexity index is 573. The van der Waals surface area contributed by atoms with Crippen LogP contribution in [-0.4, -0.2) is 58.8 Å². The van der Waals surface area contributed by atoms with Crippen LogP contribution in [0.4, 0.5) is 0 Å². The first kappa shape index (κ1) is 14.5. The lowest BCUT2D eigenvalue weighted by Crippen LogP contribution is -2.49. The number of furan rings is 1. The predicted molar refractivity (Wildman–Crippen MR) is 85.0 cm³/mol. The van der Waals surface area contributed by atoms with E-state index in [0.717, 1.165) is 43.7 Å². The van der Waals surface area contributed by atoms with Crippen molar-refractivity contribution in [2.24, 2.45) is 4.99 Å². The second kappa shape index (κ2) is 5.75. The maximum atomic E-state index is 12.5. The van der Waals surface area contributed by atoms with Crippen LogP contribution in [0.1, 0.15) is 28.8 Å². The van der Waals surface area contributed by atoms with Crippen LogP contribution in [0.25, 0.3) is 0 Å². The molecule has 1 atom stereocenters. The van der Waals surface area contributed by atoms with Gasteiger partial charge in [0.2, 0.25) is 0 Å². The van der Waals surface area contributed by atoms with Gasteiger partial charge < -0.3 is 14.2 Å². The van der Waals surface area contributed by atoms with Gasteiger partial charge in [-0.3, -0.25) is 9.79 Å². The summed E-state index contributed by atoms with van der Waals surface area (Å²) in [5.41, 5.74) is 0.696. The number of carbonyl (C=O) groups excluding carboxylic acids is 1. The highest BCUT2D eigenvalue weighted by Crippen LogP contribution is 2.24. The molecular weight excluding hydrogens is 286 g/mol. The van der Waals surface area contributed by atoms with Crippen molar-refractivity contribution in [2.75, 3.05) is 32.7 Å². The molecule has 0 aromatic carbocycles. The number of carbonyl (C=O) groups is 1. The third kappa shape index (κ3) is 2.95. The Balaban J connectivity index is 1.61. The van der Waals surface area contributed by atoms with Gasteiger partial charge in [-0.2, -0.15) is 0 Å². The van der Waals surface area contributed by atoms with E-state index in [1.807, 2.05) is 36.6 Å². The van der Waals surface area contributed by atoms with E-state index in [4.69, 9.17) is 4.42 Å². The van der Waals surface area contributed by atoms with E-state index < -0.39 is 0 Å². The molecule has 1 fully saturated rings.